The Morgan fingerprint density at radius 3 is 3.25 bits per heavy atom. The third-order valence-corrected chi connectivity index (χ3v) is 3.31. The van der Waals surface area contributed by atoms with Crippen molar-refractivity contribution in [3.8, 4) is 0 Å². The fraction of sp³-hybridized carbons (Fsp3) is 0.500. The molecule has 3 rings (SSSR count). The van der Waals surface area contributed by atoms with Crippen LogP contribution in [0.15, 0.2) is 18.3 Å². The molecule has 0 aliphatic carbocycles. The molecule has 0 spiro atoms. The predicted octanol–water partition coefficient (Wildman–Crippen LogP) is 1.26. The largest absolute Gasteiger partial charge is 0.316 e. The van der Waals surface area contributed by atoms with E-state index in [2.05, 4.69) is 19.9 Å². The van der Waals surface area contributed by atoms with Crippen LogP contribution >= 0.6 is 0 Å². The summed E-state index contributed by atoms with van der Waals surface area (Å²) in [4.78, 5) is 8.99. The monoisotopic (exact) mass is 216 g/mol. The third-order valence-electron chi connectivity index (χ3n) is 3.31. The number of nitrogens with one attached hydrogen (secondary N) is 1. The van der Waals surface area contributed by atoms with Gasteiger partial charge >= 0.3 is 0 Å². The molecule has 1 aliphatic heterocycles. The summed E-state index contributed by atoms with van der Waals surface area (Å²) in [5.41, 5.74) is 1.98. The van der Waals surface area contributed by atoms with Crippen molar-refractivity contribution in [2.24, 2.45) is 7.05 Å². The van der Waals surface area contributed by atoms with Crippen LogP contribution in [0.5, 0.6) is 0 Å². The van der Waals surface area contributed by atoms with Crippen LogP contribution in [0.25, 0.3) is 11.2 Å². The first-order valence-corrected chi connectivity index (χ1v) is 5.84. The minimum absolute atomic E-state index is 0.593. The maximum Gasteiger partial charge on any atom is 0.159 e. The maximum atomic E-state index is 4.64. The van der Waals surface area contributed by atoms with Gasteiger partial charge in [-0.2, -0.15) is 0 Å². The van der Waals surface area contributed by atoms with Crippen molar-refractivity contribution in [2.45, 2.75) is 25.3 Å². The van der Waals surface area contributed by atoms with Crippen LogP contribution < -0.4 is 5.32 Å². The van der Waals surface area contributed by atoms with Gasteiger partial charge in [-0.1, -0.05) is 0 Å². The van der Waals surface area contributed by atoms with Crippen molar-refractivity contribution in [3.63, 3.8) is 0 Å². The summed E-state index contributed by atoms with van der Waals surface area (Å²) in [7, 11) is 2.05. The number of pyridine rings is 1. The van der Waals surface area contributed by atoms with Gasteiger partial charge in [-0.25, -0.2) is 9.97 Å². The molecule has 4 nitrogen and oxygen atoms in total. The zero-order valence-electron chi connectivity index (χ0n) is 9.48. The zero-order chi connectivity index (χ0) is 11.0. The van der Waals surface area contributed by atoms with Crippen molar-refractivity contribution < 1.29 is 0 Å². The lowest BCUT2D eigenvalue weighted by Gasteiger charge is -2.09. The highest BCUT2D eigenvalue weighted by molar-refractivity contribution is 5.70. The molecule has 3 heterocycles. The standard InChI is InChI=1S/C12H16N4/c1-16-11(8-9-4-2-6-13-9)15-10-5-3-7-14-12(10)16/h3,5,7,9,13H,2,4,6,8H2,1H3. The van der Waals surface area contributed by atoms with Crippen LogP contribution in [0.2, 0.25) is 0 Å². The SMILES string of the molecule is Cn1c(CC2CCCN2)nc2cccnc21. The van der Waals surface area contributed by atoms with Gasteiger partial charge in [0.1, 0.15) is 11.3 Å². The number of nitrogens with zero attached hydrogens (tertiary/aromatic N) is 3. The Hall–Kier alpha value is -1.42. The lowest BCUT2D eigenvalue weighted by atomic mass is 10.1. The van der Waals surface area contributed by atoms with Gasteiger partial charge in [0.05, 0.1) is 0 Å². The highest BCUT2D eigenvalue weighted by atomic mass is 15.1. The first kappa shape index (κ1) is 9.78. The number of rotatable bonds is 2. The number of hydrogen-bond donors (Lipinski definition) is 1. The van der Waals surface area contributed by atoms with Gasteiger partial charge in [-0.3, -0.25) is 0 Å². The molecule has 1 aliphatic rings. The van der Waals surface area contributed by atoms with E-state index in [0.29, 0.717) is 6.04 Å². The normalized spacial score (nSPS) is 20.7. The van der Waals surface area contributed by atoms with Crippen LogP contribution in [0.3, 0.4) is 0 Å². The quantitative estimate of drug-likeness (QED) is 0.822. The Bertz CT molecular complexity index is 497. The third kappa shape index (κ3) is 1.59. The summed E-state index contributed by atoms with van der Waals surface area (Å²) in [6.07, 6.45) is 5.37. The molecule has 1 unspecified atom stereocenters. The summed E-state index contributed by atoms with van der Waals surface area (Å²) in [6.45, 7) is 1.15. The lowest BCUT2D eigenvalue weighted by Crippen LogP contribution is -2.25. The smallest absolute Gasteiger partial charge is 0.159 e. The molecular weight excluding hydrogens is 200 g/mol. The molecule has 0 amide bonds. The topological polar surface area (TPSA) is 42.7 Å². The van der Waals surface area contributed by atoms with Crippen molar-refractivity contribution >= 4 is 11.2 Å². The molecule has 1 N–H and O–H groups in total. The molecule has 0 aromatic carbocycles. The fourth-order valence-electron chi connectivity index (χ4n) is 2.40. The Balaban J connectivity index is 1.94. The van der Waals surface area contributed by atoms with Crippen LogP contribution in [0, 0.1) is 0 Å². The summed E-state index contributed by atoms with van der Waals surface area (Å²) in [5.74, 6) is 1.13. The van der Waals surface area contributed by atoms with Crippen molar-refractivity contribution in [1.29, 1.82) is 0 Å². The molecule has 0 bridgehead atoms. The molecule has 2 aromatic heterocycles. The summed E-state index contributed by atoms with van der Waals surface area (Å²) < 4.78 is 2.11. The van der Waals surface area contributed by atoms with Crippen LogP contribution in [-0.2, 0) is 13.5 Å². The van der Waals surface area contributed by atoms with E-state index in [4.69, 9.17) is 0 Å². The number of imidazole rings is 1. The molecule has 1 saturated heterocycles. The van der Waals surface area contributed by atoms with E-state index >= 15 is 0 Å². The molecule has 0 saturated carbocycles. The Kier molecular flexibility index (Phi) is 2.36. The second kappa shape index (κ2) is 3.87. The van der Waals surface area contributed by atoms with Crippen molar-refractivity contribution in [2.75, 3.05) is 6.54 Å². The minimum Gasteiger partial charge on any atom is -0.316 e. The zero-order valence-corrected chi connectivity index (χ0v) is 9.48. The molecular formula is C12H16N4. The van der Waals surface area contributed by atoms with Gasteiger partial charge in [-0.15, -0.1) is 0 Å². The molecule has 16 heavy (non-hydrogen) atoms. The first-order chi connectivity index (χ1) is 7.84. The van der Waals surface area contributed by atoms with Gasteiger partial charge < -0.3 is 9.88 Å². The van der Waals surface area contributed by atoms with E-state index in [1.165, 1.54) is 12.8 Å². The number of hydrogen-bond acceptors (Lipinski definition) is 3. The van der Waals surface area contributed by atoms with E-state index in [9.17, 15) is 0 Å². The predicted molar refractivity (Wildman–Crippen MR) is 63.2 cm³/mol. The molecule has 1 atom stereocenters. The number of fused-ring (bicyclic) bond motifs is 1. The van der Waals surface area contributed by atoms with E-state index in [1.54, 1.807) is 0 Å². The lowest BCUT2D eigenvalue weighted by molar-refractivity contribution is 0.575. The van der Waals surface area contributed by atoms with Crippen molar-refractivity contribution in [3.05, 3.63) is 24.2 Å². The number of aromatic nitrogens is 3. The number of aryl methyl sites for hydroxylation is 1. The van der Waals surface area contributed by atoms with E-state index in [1.807, 2.05) is 25.4 Å². The van der Waals surface area contributed by atoms with E-state index < -0.39 is 0 Å². The summed E-state index contributed by atoms with van der Waals surface area (Å²) in [6, 6.07) is 4.55. The van der Waals surface area contributed by atoms with Gasteiger partial charge in [0.15, 0.2) is 5.65 Å². The molecule has 0 radical (unpaired) electrons. The molecule has 1 fully saturated rings. The highest BCUT2D eigenvalue weighted by Gasteiger charge is 2.17. The maximum absolute atomic E-state index is 4.64. The van der Waals surface area contributed by atoms with Crippen molar-refractivity contribution in [1.82, 2.24) is 19.9 Å². The Morgan fingerprint density at radius 1 is 1.56 bits per heavy atom. The van der Waals surface area contributed by atoms with Gasteiger partial charge in [0.2, 0.25) is 0 Å². The minimum atomic E-state index is 0.593. The van der Waals surface area contributed by atoms with Gasteiger partial charge in [0.25, 0.3) is 0 Å². The fourth-order valence-corrected chi connectivity index (χ4v) is 2.40. The highest BCUT2D eigenvalue weighted by Crippen LogP contribution is 2.15. The van der Waals surface area contributed by atoms with Crippen LogP contribution in [0.4, 0.5) is 0 Å². The molecule has 84 valence electrons. The average Bonchev–Trinajstić information content (AvgIpc) is 2.90. The summed E-state index contributed by atoms with van der Waals surface area (Å²) in [5, 5.41) is 3.50. The van der Waals surface area contributed by atoms with E-state index in [-0.39, 0.29) is 0 Å². The van der Waals surface area contributed by atoms with Gasteiger partial charge in [-0.05, 0) is 31.5 Å². The van der Waals surface area contributed by atoms with E-state index in [0.717, 1.165) is 30.0 Å². The van der Waals surface area contributed by atoms with Crippen LogP contribution in [0.1, 0.15) is 18.7 Å². The molecule has 2 aromatic rings. The van der Waals surface area contributed by atoms with Gasteiger partial charge in [0, 0.05) is 25.7 Å². The Morgan fingerprint density at radius 2 is 2.50 bits per heavy atom. The Labute approximate surface area is 94.7 Å². The second-order valence-electron chi connectivity index (χ2n) is 4.43. The van der Waals surface area contributed by atoms with Crippen LogP contribution in [-0.4, -0.2) is 27.1 Å². The first-order valence-electron chi connectivity index (χ1n) is 5.84. The molecule has 4 heteroatoms. The average molecular weight is 216 g/mol. The second-order valence-corrected chi connectivity index (χ2v) is 4.43. The summed E-state index contributed by atoms with van der Waals surface area (Å²) >= 11 is 0.